The summed E-state index contributed by atoms with van der Waals surface area (Å²) < 4.78 is 81.1. The van der Waals surface area contributed by atoms with Crippen LogP contribution in [0, 0.1) is 11.6 Å². The van der Waals surface area contributed by atoms with Crippen LogP contribution < -0.4 is 15.0 Å². The Kier molecular flexibility index (Phi) is 8.07. The van der Waals surface area contributed by atoms with Crippen molar-refractivity contribution in [2.45, 2.75) is 44.8 Å². The average Bonchev–Trinajstić information content (AvgIpc) is 2.81. The molecule has 3 heterocycles. The number of nitrogens with one attached hydrogen (secondary N) is 1. The summed E-state index contributed by atoms with van der Waals surface area (Å²) in [5, 5.41) is 2.68. The number of piperidine rings is 1. The van der Waals surface area contributed by atoms with Crippen LogP contribution in [0.15, 0.2) is 18.2 Å². The molecular formula is C22H26F4N5O3S-. The zero-order chi connectivity index (χ0) is 25.1. The Bertz CT molecular complexity index is 1070. The molecule has 1 saturated heterocycles. The summed E-state index contributed by atoms with van der Waals surface area (Å²) in [4.78, 5) is 13.0. The molecule has 192 valence electrons. The molecule has 1 aromatic carbocycles. The van der Waals surface area contributed by atoms with Gasteiger partial charge in [0.1, 0.15) is 11.9 Å². The van der Waals surface area contributed by atoms with Crippen LogP contribution in [0.4, 0.5) is 29.2 Å². The summed E-state index contributed by atoms with van der Waals surface area (Å²) in [6.07, 6.45) is -1.37. The van der Waals surface area contributed by atoms with Gasteiger partial charge >= 0.3 is 0 Å². The molecule has 0 radical (unpaired) electrons. The molecule has 2 aliphatic heterocycles. The van der Waals surface area contributed by atoms with Crippen LogP contribution in [0.1, 0.15) is 37.2 Å². The number of rotatable bonds is 8. The number of hydrogen-bond donors (Lipinski definition) is 1. The monoisotopic (exact) mass is 516 g/mol. The van der Waals surface area contributed by atoms with Gasteiger partial charge < -0.3 is 19.5 Å². The maximum absolute atomic E-state index is 13.9. The quantitative estimate of drug-likeness (QED) is 0.422. The van der Waals surface area contributed by atoms with Crippen molar-refractivity contribution in [2.75, 3.05) is 42.3 Å². The van der Waals surface area contributed by atoms with Crippen LogP contribution in [0.3, 0.4) is 0 Å². The lowest BCUT2D eigenvalue weighted by atomic mass is 10.0. The molecule has 1 aromatic heterocycles. The van der Waals surface area contributed by atoms with Gasteiger partial charge in [-0.15, -0.1) is 0 Å². The second kappa shape index (κ2) is 11.0. The molecule has 13 heteroatoms. The number of halogens is 4. The van der Waals surface area contributed by atoms with Crippen LogP contribution in [0.5, 0.6) is 5.75 Å². The fraction of sp³-hybridized carbons (Fsp3) is 0.545. The van der Waals surface area contributed by atoms with Gasteiger partial charge in [-0.1, -0.05) is 0 Å². The van der Waals surface area contributed by atoms with Crippen molar-refractivity contribution in [1.82, 2.24) is 14.9 Å². The van der Waals surface area contributed by atoms with E-state index in [9.17, 15) is 26.3 Å². The smallest absolute Gasteiger partial charge is 0.255 e. The summed E-state index contributed by atoms with van der Waals surface area (Å²) in [6, 6.07) is 2.82. The normalized spacial score (nSPS) is 20.1. The third-order valence-electron chi connectivity index (χ3n) is 6.18. The Morgan fingerprint density at radius 3 is 2.63 bits per heavy atom. The summed E-state index contributed by atoms with van der Waals surface area (Å²) >= 11 is -2.25. The Hall–Kier alpha value is -2.51. The van der Waals surface area contributed by atoms with Crippen LogP contribution in [-0.2, 0) is 17.5 Å². The molecule has 1 fully saturated rings. The molecule has 35 heavy (non-hydrogen) atoms. The van der Waals surface area contributed by atoms with Gasteiger partial charge in [-0.25, -0.2) is 27.5 Å². The van der Waals surface area contributed by atoms with E-state index >= 15 is 0 Å². The predicted molar refractivity (Wildman–Crippen MR) is 121 cm³/mol. The number of alkyl halides is 2. The third kappa shape index (κ3) is 6.19. The molecule has 4 rings (SSSR count). The van der Waals surface area contributed by atoms with Crippen molar-refractivity contribution in [1.29, 1.82) is 0 Å². The minimum atomic E-state index is -2.60. The first kappa shape index (κ1) is 25.6. The molecule has 2 aliphatic rings. The van der Waals surface area contributed by atoms with E-state index in [2.05, 4.69) is 10.3 Å². The van der Waals surface area contributed by atoms with E-state index in [4.69, 9.17) is 9.72 Å². The number of aromatic nitrogens is 2. The van der Waals surface area contributed by atoms with Gasteiger partial charge in [0.2, 0.25) is 0 Å². The Labute approximate surface area is 203 Å². The zero-order valence-corrected chi connectivity index (χ0v) is 19.9. The lowest BCUT2D eigenvalue weighted by Crippen LogP contribution is -2.41. The van der Waals surface area contributed by atoms with E-state index < -0.39 is 35.7 Å². The van der Waals surface area contributed by atoms with Crippen molar-refractivity contribution in [2.24, 2.45) is 0 Å². The molecule has 2 atom stereocenters. The SMILES string of the molecule is CC1c2nc(NCC(F)F)c(N3CCC(Oc4ccc(F)cc4F)CC3)nc2CCN1CS(=O)[O-]. The Morgan fingerprint density at radius 1 is 1.23 bits per heavy atom. The van der Waals surface area contributed by atoms with Crippen LogP contribution in [0.25, 0.3) is 0 Å². The minimum Gasteiger partial charge on any atom is -0.771 e. The topological polar surface area (TPSA) is 93.7 Å². The van der Waals surface area contributed by atoms with Crippen LogP contribution in [-0.4, -0.2) is 68.2 Å². The first-order chi connectivity index (χ1) is 16.7. The molecule has 2 unspecified atom stereocenters. The second-order valence-electron chi connectivity index (χ2n) is 8.55. The van der Waals surface area contributed by atoms with Crippen LogP contribution >= 0.6 is 0 Å². The summed E-state index contributed by atoms with van der Waals surface area (Å²) in [5.74, 6) is -0.954. The van der Waals surface area contributed by atoms with Gasteiger partial charge in [-0.3, -0.25) is 9.11 Å². The van der Waals surface area contributed by atoms with Crippen molar-refractivity contribution in [3.63, 3.8) is 0 Å². The van der Waals surface area contributed by atoms with Crippen molar-refractivity contribution >= 4 is 22.7 Å². The van der Waals surface area contributed by atoms with Gasteiger partial charge in [-0.05, 0) is 30.1 Å². The fourth-order valence-electron chi connectivity index (χ4n) is 4.37. The number of fused-ring (bicyclic) bond motifs is 1. The minimum absolute atomic E-state index is 0.0183. The van der Waals surface area contributed by atoms with E-state index in [1.165, 1.54) is 6.07 Å². The molecule has 0 amide bonds. The molecular weight excluding hydrogens is 490 g/mol. The lowest BCUT2D eigenvalue weighted by molar-refractivity contribution is 0.162. The first-order valence-electron chi connectivity index (χ1n) is 11.3. The highest BCUT2D eigenvalue weighted by molar-refractivity contribution is 7.79. The summed E-state index contributed by atoms with van der Waals surface area (Å²) in [5.41, 5.74) is 1.27. The van der Waals surface area contributed by atoms with Gasteiger partial charge in [0.15, 0.2) is 23.2 Å². The van der Waals surface area contributed by atoms with Gasteiger partial charge in [-0.2, -0.15) is 0 Å². The molecule has 1 N–H and O–H groups in total. The standard InChI is InChI=1S/C22H27F4N5O3S/c1-13-20-17(6-9-31(13)12-35(32)33)28-22(21(29-20)27-11-19(25)26)30-7-4-15(5-8-30)34-18-3-2-14(23)10-16(18)24/h2-3,10,13,15,19H,4-9,11-12H2,1H3,(H,27,29)(H,32,33)/p-1. The van der Waals surface area contributed by atoms with E-state index in [0.717, 1.165) is 12.1 Å². The van der Waals surface area contributed by atoms with Gasteiger partial charge in [0, 0.05) is 45.0 Å². The van der Waals surface area contributed by atoms with E-state index in [1.54, 1.807) is 4.90 Å². The highest BCUT2D eigenvalue weighted by Crippen LogP contribution is 2.34. The Balaban J connectivity index is 1.51. The van der Waals surface area contributed by atoms with E-state index in [-0.39, 0.29) is 29.6 Å². The van der Waals surface area contributed by atoms with Crippen molar-refractivity contribution in [3.8, 4) is 5.75 Å². The average molecular weight is 517 g/mol. The zero-order valence-electron chi connectivity index (χ0n) is 19.1. The van der Waals surface area contributed by atoms with Crippen LogP contribution in [0.2, 0.25) is 0 Å². The highest BCUT2D eigenvalue weighted by atomic mass is 32.2. The molecule has 0 aliphatic carbocycles. The molecule has 0 saturated carbocycles. The molecule has 2 aromatic rings. The summed E-state index contributed by atoms with van der Waals surface area (Å²) in [6.45, 7) is 2.64. The van der Waals surface area contributed by atoms with Crippen molar-refractivity contribution < 1.29 is 31.1 Å². The van der Waals surface area contributed by atoms with Gasteiger partial charge in [0.25, 0.3) is 6.43 Å². The number of anilines is 2. The lowest BCUT2D eigenvalue weighted by Gasteiger charge is -2.37. The van der Waals surface area contributed by atoms with E-state index in [0.29, 0.717) is 56.1 Å². The third-order valence-corrected chi connectivity index (χ3v) is 6.73. The Morgan fingerprint density at radius 2 is 1.97 bits per heavy atom. The predicted octanol–water partition coefficient (Wildman–Crippen LogP) is 3.24. The largest absolute Gasteiger partial charge is 0.771 e. The number of ether oxygens (including phenoxy) is 1. The maximum atomic E-state index is 13.9. The highest BCUT2D eigenvalue weighted by Gasteiger charge is 2.31. The maximum Gasteiger partial charge on any atom is 0.255 e. The second-order valence-corrected chi connectivity index (χ2v) is 9.42. The van der Waals surface area contributed by atoms with E-state index in [1.807, 2.05) is 11.8 Å². The van der Waals surface area contributed by atoms with Gasteiger partial charge in [0.05, 0.1) is 29.9 Å². The number of nitrogens with zero attached hydrogens (tertiary/aromatic N) is 4. The fourth-order valence-corrected chi connectivity index (χ4v) is 4.99. The van der Waals surface area contributed by atoms with Crippen molar-refractivity contribution in [3.05, 3.63) is 41.2 Å². The molecule has 0 spiro atoms. The molecule has 8 nitrogen and oxygen atoms in total. The first-order valence-corrected chi connectivity index (χ1v) is 12.5. The number of benzene rings is 1. The number of hydrogen-bond acceptors (Lipinski definition) is 8. The molecule has 0 bridgehead atoms. The summed E-state index contributed by atoms with van der Waals surface area (Å²) in [7, 11) is 0.